The Morgan fingerprint density at radius 1 is 1.29 bits per heavy atom. The smallest absolute Gasteiger partial charge is 0.139 e. The number of ketones is 1. The molecule has 0 amide bonds. The standard InChI is InChI=1S/C12H20O2/c1-12-8-3-2-5-9(12)10(13)6-4-7-11(12)14/h9-10,13H,2-8H2,1H3/t9-,10+,12-/m1/s1. The quantitative estimate of drug-likeness (QED) is 0.645. The van der Waals surface area contributed by atoms with E-state index in [1.54, 1.807) is 0 Å². The monoisotopic (exact) mass is 196 g/mol. The molecule has 3 atom stereocenters. The molecule has 0 aromatic rings. The third-order valence-electron chi connectivity index (χ3n) is 4.28. The number of aliphatic hydroxyl groups is 1. The van der Waals surface area contributed by atoms with Gasteiger partial charge in [0, 0.05) is 11.8 Å². The lowest BCUT2D eigenvalue weighted by atomic mass is 9.63. The van der Waals surface area contributed by atoms with Gasteiger partial charge >= 0.3 is 0 Å². The van der Waals surface area contributed by atoms with Crippen LogP contribution in [0.15, 0.2) is 0 Å². The summed E-state index contributed by atoms with van der Waals surface area (Å²) in [5.74, 6) is 0.644. The van der Waals surface area contributed by atoms with E-state index in [1.165, 1.54) is 6.42 Å². The van der Waals surface area contributed by atoms with Gasteiger partial charge in [-0.25, -0.2) is 0 Å². The summed E-state index contributed by atoms with van der Waals surface area (Å²) in [6.07, 6.45) is 6.54. The number of carbonyl (C=O) groups is 1. The number of aliphatic hydroxyl groups excluding tert-OH is 1. The number of hydrogen-bond acceptors (Lipinski definition) is 2. The van der Waals surface area contributed by atoms with Gasteiger partial charge in [-0.2, -0.15) is 0 Å². The van der Waals surface area contributed by atoms with E-state index in [0.29, 0.717) is 12.2 Å². The molecule has 0 heterocycles. The van der Waals surface area contributed by atoms with Crippen LogP contribution in [0.25, 0.3) is 0 Å². The second-order valence-corrected chi connectivity index (χ2v) is 5.15. The molecule has 0 aromatic heterocycles. The lowest BCUT2D eigenvalue weighted by molar-refractivity contribution is -0.134. The second-order valence-electron chi connectivity index (χ2n) is 5.15. The van der Waals surface area contributed by atoms with Crippen LogP contribution in [0.1, 0.15) is 51.9 Å². The number of hydrogen-bond donors (Lipinski definition) is 1. The van der Waals surface area contributed by atoms with E-state index in [-0.39, 0.29) is 17.4 Å². The third kappa shape index (κ3) is 1.50. The fourth-order valence-corrected chi connectivity index (χ4v) is 3.28. The molecule has 2 rings (SSSR count). The molecule has 2 fully saturated rings. The minimum Gasteiger partial charge on any atom is -0.393 e. The molecule has 2 aliphatic carbocycles. The summed E-state index contributed by atoms with van der Waals surface area (Å²) in [5, 5.41) is 10.0. The van der Waals surface area contributed by atoms with Crippen LogP contribution >= 0.6 is 0 Å². The van der Waals surface area contributed by atoms with Crippen LogP contribution < -0.4 is 0 Å². The van der Waals surface area contributed by atoms with E-state index in [9.17, 15) is 9.90 Å². The molecule has 0 aromatic carbocycles. The summed E-state index contributed by atoms with van der Waals surface area (Å²) in [4.78, 5) is 12.0. The minimum absolute atomic E-state index is 0.200. The molecule has 0 spiro atoms. The van der Waals surface area contributed by atoms with Crippen LogP contribution in [0.3, 0.4) is 0 Å². The van der Waals surface area contributed by atoms with Crippen LogP contribution in [0.2, 0.25) is 0 Å². The maximum Gasteiger partial charge on any atom is 0.139 e. The van der Waals surface area contributed by atoms with Crippen molar-refractivity contribution in [3.8, 4) is 0 Å². The largest absolute Gasteiger partial charge is 0.393 e. The summed E-state index contributed by atoms with van der Waals surface area (Å²) >= 11 is 0. The molecule has 0 bridgehead atoms. The molecule has 0 radical (unpaired) electrons. The highest BCUT2D eigenvalue weighted by Crippen LogP contribution is 2.46. The molecule has 1 N–H and O–H groups in total. The van der Waals surface area contributed by atoms with Gasteiger partial charge in [-0.15, -0.1) is 0 Å². The van der Waals surface area contributed by atoms with Crippen LogP contribution in [0.5, 0.6) is 0 Å². The SMILES string of the molecule is C[C@@]12CCCC[C@@H]1[C@@H](O)CCCC2=O. The van der Waals surface area contributed by atoms with Crippen LogP contribution in [-0.4, -0.2) is 17.0 Å². The van der Waals surface area contributed by atoms with Crippen molar-refractivity contribution in [1.29, 1.82) is 0 Å². The Balaban J connectivity index is 2.27. The summed E-state index contributed by atoms with van der Waals surface area (Å²) in [6.45, 7) is 2.08. The predicted molar refractivity (Wildman–Crippen MR) is 54.9 cm³/mol. The van der Waals surface area contributed by atoms with Gasteiger partial charge in [0.05, 0.1) is 6.10 Å². The zero-order valence-electron chi connectivity index (χ0n) is 8.96. The molecule has 14 heavy (non-hydrogen) atoms. The first-order valence-corrected chi connectivity index (χ1v) is 5.86. The summed E-state index contributed by atoms with van der Waals surface area (Å²) < 4.78 is 0. The number of carbonyl (C=O) groups excluding carboxylic acids is 1. The molecule has 0 unspecified atom stereocenters. The highest BCUT2D eigenvalue weighted by atomic mass is 16.3. The highest BCUT2D eigenvalue weighted by molar-refractivity contribution is 5.85. The second kappa shape index (κ2) is 3.65. The molecule has 2 saturated carbocycles. The lowest BCUT2D eigenvalue weighted by Gasteiger charge is -2.41. The fourth-order valence-electron chi connectivity index (χ4n) is 3.28. The van der Waals surface area contributed by atoms with Crippen LogP contribution in [0.4, 0.5) is 0 Å². The molecule has 2 nitrogen and oxygen atoms in total. The molecule has 0 aliphatic heterocycles. The molecule has 80 valence electrons. The maximum atomic E-state index is 12.0. The Morgan fingerprint density at radius 3 is 2.86 bits per heavy atom. The number of Topliss-reactive ketones (excluding diaryl/α,β-unsaturated/α-hetero) is 1. The van der Waals surface area contributed by atoms with Crippen molar-refractivity contribution in [2.75, 3.05) is 0 Å². The first-order chi connectivity index (χ1) is 6.64. The first-order valence-electron chi connectivity index (χ1n) is 5.86. The normalized spacial score (nSPS) is 44.3. The van der Waals surface area contributed by atoms with E-state index in [4.69, 9.17) is 0 Å². The Labute approximate surface area is 85.7 Å². The molecular weight excluding hydrogens is 176 g/mol. The Kier molecular flexibility index (Phi) is 2.65. The van der Waals surface area contributed by atoms with E-state index in [0.717, 1.165) is 32.1 Å². The van der Waals surface area contributed by atoms with E-state index in [1.807, 2.05) is 0 Å². The average Bonchev–Trinajstić information content (AvgIpc) is 2.27. The van der Waals surface area contributed by atoms with Crippen molar-refractivity contribution in [1.82, 2.24) is 0 Å². The van der Waals surface area contributed by atoms with Crippen molar-refractivity contribution in [3.05, 3.63) is 0 Å². The highest BCUT2D eigenvalue weighted by Gasteiger charge is 2.46. The van der Waals surface area contributed by atoms with E-state index >= 15 is 0 Å². The summed E-state index contributed by atoms with van der Waals surface area (Å²) in [5.41, 5.74) is -0.200. The number of fused-ring (bicyclic) bond motifs is 1. The van der Waals surface area contributed by atoms with Crippen molar-refractivity contribution in [2.45, 2.75) is 58.0 Å². The van der Waals surface area contributed by atoms with Gasteiger partial charge in [0.2, 0.25) is 0 Å². The number of rotatable bonds is 0. The summed E-state index contributed by atoms with van der Waals surface area (Å²) in [6, 6.07) is 0. The Bertz CT molecular complexity index is 236. The summed E-state index contributed by atoms with van der Waals surface area (Å²) in [7, 11) is 0. The van der Waals surface area contributed by atoms with Gasteiger partial charge < -0.3 is 5.11 Å². The lowest BCUT2D eigenvalue weighted by Crippen LogP contribution is -2.42. The Morgan fingerprint density at radius 2 is 2.07 bits per heavy atom. The molecular formula is C12H20O2. The minimum atomic E-state index is -0.230. The van der Waals surface area contributed by atoms with Gasteiger partial charge in [-0.3, -0.25) is 4.79 Å². The van der Waals surface area contributed by atoms with Gasteiger partial charge in [-0.1, -0.05) is 19.8 Å². The van der Waals surface area contributed by atoms with Crippen molar-refractivity contribution in [3.63, 3.8) is 0 Å². The van der Waals surface area contributed by atoms with Gasteiger partial charge in [-0.05, 0) is 31.6 Å². The molecule has 2 aliphatic rings. The first kappa shape index (κ1) is 10.2. The van der Waals surface area contributed by atoms with Crippen molar-refractivity contribution >= 4 is 5.78 Å². The third-order valence-corrected chi connectivity index (χ3v) is 4.28. The maximum absolute atomic E-state index is 12.0. The zero-order chi connectivity index (χ0) is 10.2. The van der Waals surface area contributed by atoms with Gasteiger partial charge in [0.25, 0.3) is 0 Å². The predicted octanol–water partition coefficient (Wildman–Crippen LogP) is 2.30. The topological polar surface area (TPSA) is 37.3 Å². The zero-order valence-corrected chi connectivity index (χ0v) is 8.96. The van der Waals surface area contributed by atoms with Crippen LogP contribution in [0, 0.1) is 11.3 Å². The van der Waals surface area contributed by atoms with E-state index < -0.39 is 0 Å². The van der Waals surface area contributed by atoms with Crippen molar-refractivity contribution in [2.24, 2.45) is 11.3 Å². The molecule has 0 saturated heterocycles. The van der Waals surface area contributed by atoms with E-state index in [2.05, 4.69) is 6.92 Å². The average molecular weight is 196 g/mol. The fraction of sp³-hybridized carbons (Fsp3) is 0.917. The Hall–Kier alpha value is -0.370. The van der Waals surface area contributed by atoms with Gasteiger partial charge in [0.1, 0.15) is 5.78 Å². The van der Waals surface area contributed by atoms with Crippen molar-refractivity contribution < 1.29 is 9.90 Å². The van der Waals surface area contributed by atoms with Gasteiger partial charge in [0.15, 0.2) is 0 Å². The van der Waals surface area contributed by atoms with Crippen LogP contribution in [-0.2, 0) is 4.79 Å². The molecule has 2 heteroatoms.